The van der Waals surface area contributed by atoms with Gasteiger partial charge >= 0.3 is 0 Å². The smallest absolute Gasteiger partial charge is 0.264 e. The Hall–Kier alpha value is -4.15. The van der Waals surface area contributed by atoms with Gasteiger partial charge in [-0.25, -0.2) is 8.42 Å². The molecule has 0 spiro atoms. The molecule has 0 saturated carbocycles. The maximum atomic E-state index is 14.1. The van der Waals surface area contributed by atoms with Crippen LogP contribution < -0.4 is 14.4 Å². The summed E-state index contributed by atoms with van der Waals surface area (Å²) in [6.45, 7) is 5.53. The van der Waals surface area contributed by atoms with Gasteiger partial charge < -0.3 is 15.0 Å². The quantitative estimate of drug-likeness (QED) is 0.170. The van der Waals surface area contributed by atoms with Gasteiger partial charge in [0.1, 0.15) is 24.1 Å². The Morgan fingerprint density at radius 3 is 2.09 bits per heavy atom. The van der Waals surface area contributed by atoms with Gasteiger partial charge in [0.15, 0.2) is 0 Å². The average molecular weight is 679 g/mol. The summed E-state index contributed by atoms with van der Waals surface area (Å²) in [5.41, 5.74) is 1.99. The van der Waals surface area contributed by atoms with Crippen molar-refractivity contribution >= 4 is 43.5 Å². The van der Waals surface area contributed by atoms with Crippen LogP contribution in [0.5, 0.6) is 11.5 Å². The molecule has 0 bridgehead atoms. The number of benzene rings is 4. The van der Waals surface area contributed by atoms with E-state index >= 15 is 0 Å². The Kier molecular flexibility index (Phi) is 11.2. The molecule has 10 heteroatoms. The van der Waals surface area contributed by atoms with Crippen molar-refractivity contribution in [3.63, 3.8) is 0 Å². The van der Waals surface area contributed by atoms with Crippen molar-refractivity contribution in [2.24, 2.45) is 0 Å². The van der Waals surface area contributed by atoms with Gasteiger partial charge in [-0.3, -0.25) is 13.9 Å². The number of rotatable bonds is 13. The number of ether oxygens (including phenoxy) is 1. The third-order valence-electron chi connectivity index (χ3n) is 6.97. The number of carbonyl (C=O) groups excluding carboxylic acids is 2. The molecule has 0 aliphatic heterocycles. The molecule has 4 rings (SSSR count). The number of nitrogens with one attached hydrogen (secondary N) is 1. The molecule has 4 aromatic carbocycles. The summed E-state index contributed by atoms with van der Waals surface area (Å²) in [5.74, 6) is 0.315. The molecular formula is C34H36BrN3O5S. The molecule has 230 valence electrons. The topological polar surface area (TPSA) is 96.0 Å². The first-order chi connectivity index (χ1) is 21.1. The number of amides is 2. The van der Waals surface area contributed by atoms with Gasteiger partial charge in [0.05, 0.1) is 10.6 Å². The highest BCUT2D eigenvalue weighted by Crippen LogP contribution is 2.29. The van der Waals surface area contributed by atoms with E-state index in [9.17, 15) is 18.0 Å². The maximum Gasteiger partial charge on any atom is 0.264 e. The van der Waals surface area contributed by atoms with Gasteiger partial charge in [-0.2, -0.15) is 0 Å². The summed E-state index contributed by atoms with van der Waals surface area (Å²) < 4.78 is 36.0. The molecule has 0 saturated heterocycles. The molecule has 4 aromatic rings. The van der Waals surface area contributed by atoms with Crippen LogP contribution in [0.2, 0.25) is 0 Å². The molecule has 44 heavy (non-hydrogen) atoms. The monoisotopic (exact) mass is 677 g/mol. The van der Waals surface area contributed by atoms with E-state index in [1.165, 1.54) is 17.0 Å². The van der Waals surface area contributed by atoms with Crippen LogP contribution in [0.1, 0.15) is 31.4 Å². The third-order valence-corrected chi connectivity index (χ3v) is 9.29. The van der Waals surface area contributed by atoms with Gasteiger partial charge in [-0.1, -0.05) is 70.9 Å². The van der Waals surface area contributed by atoms with Crippen molar-refractivity contribution in [3.05, 3.63) is 119 Å². The molecule has 0 radical (unpaired) electrons. The lowest BCUT2D eigenvalue weighted by molar-refractivity contribution is -0.139. The van der Waals surface area contributed by atoms with Gasteiger partial charge in [0, 0.05) is 17.6 Å². The average Bonchev–Trinajstić information content (AvgIpc) is 3.03. The fraction of sp³-hybridized carbons (Fsp3) is 0.235. The second kappa shape index (κ2) is 15.0. The summed E-state index contributed by atoms with van der Waals surface area (Å²) in [4.78, 5) is 28.6. The Morgan fingerprint density at radius 2 is 1.48 bits per heavy atom. The minimum atomic E-state index is -4.17. The first-order valence-corrected chi connectivity index (χ1v) is 16.6. The molecule has 8 nitrogen and oxygen atoms in total. The molecule has 1 N–H and O–H groups in total. The zero-order chi connectivity index (χ0) is 31.7. The van der Waals surface area contributed by atoms with Crippen molar-refractivity contribution in [1.82, 2.24) is 10.2 Å². The maximum absolute atomic E-state index is 14.1. The molecule has 0 heterocycles. The van der Waals surface area contributed by atoms with Crippen LogP contribution in [0, 0.1) is 6.92 Å². The zero-order valence-electron chi connectivity index (χ0n) is 24.9. The summed E-state index contributed by atoms with van der Waals surface area (Å²) in [5, 5.41) is 2.85. The summed E-state index contributed by atoms with van der Waals surface area (Å²) in [7, 11) is -4.17. The highest BCUT2D eigenvalue weighted by Gasteiger charge is 2.32. The SMILES string of the molecule is CCCNC(=O)C(C)N(Cc1ccc(Br)cc1)C(=O)CN(c1ccc(Oc2ccccc2)cc1)S(=O)(=O)c1ccc(C)cc1. The molecule has 0 aliphatic rings. The summed E-state index contributed by atoms with van der Waals surface area (Å²) in [6.07, 6.45) is 0.742. The fourth-order valence-corrected chi connectivity index (χ4v) is 6.11. The first-order valence-electron chi connectivity index (χ1n) is 14.3. The lowest BCUT2D eigenvalue weighted by atomic mass is 10.1. The molecule has 0 aromatic heterocycles. The van der Waals surface area contributed by atoms with E-state index in [4.69, 9.17) is 4.74 Å². The Balaban J connectivity index is 1.69. The van der Waals surface area contributed by atoms with Crippen LogP contribution >= 0.6 is 15.9 Å². The van der Waals surface area contributed by atoms with Crippen LogP contribution in [-0.4, -0.2) is 44.3 Å². The standard InChI is InChI=1S/C34H36BrN3O5S/c1-4-22-36-34(40)26(3)37(23-27-12-14-28(35)15-13-27)33(39)24-38(44(41,42)32-20-10-25(2)11-21-32)29-16-18-31(19-17-29)43-30-8-6-5-7-9-30/h5-21,26H,4,22-24H2,1-3H3,(H,36,40). The number of nitrogens with zero attached hydrogens (tertiary/aromatic N) is 2. The minimum Gasteiger partial charge on any atom is -0.457 e. The van der Waals surface area contributed by atoms with E-state index < -0.39 is 28.5 Å². The van der Waals surface area contributed by atoms with E-state index in [2.05, 4.69) is 21.2 Å². The highest BCUT2D eigenvalue weighted by molar-refractivity contribution is 9.10. The van der Waals surface area contributed by atoms with Crippen LogP contribution in [0.25, 0.3) is 0 Å². The lowest BCUT2D eigenvalue weighted by Crippen LogP contribution is -2.51. The number of hydrogen-bond donors (Lipinski definition) is 1. The van der Waals surface area contributed by atoms with E-state index in [0.29, 0.717) is 18.0 Å². The highest BCUT2D eigenvalue weighted by atomic mass is 79.9. The predicted octanol–water partition coefficient (Wildman–Crippen LogP) is 6.69. The number of anilines is 1. The molecule has 0 aliphatic carbocycles. The third kappa shape index (κ3) is 8.48. The van der Waals surface area contributed by atoms with Gasteiger partial charge in [-0.05, 0) is 86.5 Å². The molecule has 0 fully saturated rings. The van der Waals surface area contributed by atoms with Gasteiger partial charge in [0.2, 0.25) is 11.8 Å². The number of hydrogen-bond acceptors (Lipinski definition) is 5. The summed E-state index contributed by atoms with van der Waals surface area (Å²) in [6, 6.07) is 28.8. The van der Waals surface area contributed by atoms with Crippen molar-refractivity contribution in [3.8, 4) is 11.5 Å². The van der Waals surface area contributed by atoms with E-state index in [1.807, 2.05) is 68.4 Å². The second-order valence-electron chi connectivity index (χ2n) is 10.3. The Bertz CT molecular complexity index is 1650. The van der Waals surface area contributed by atoms with E-state index in [1.54, 1.807) is 43.3 Å². The Morgan fingerprint density at radius 1 is 0.864 bits per heavy atom. The number of halogens is 1. The molecule has 1 unspecified atom stereocenters. The summed E-state index contributed by atoms with van der Waals surface area (Å²) >= 11 is 3.42. The Labute approximate surface area is 267 Å². The molecular weight excluding hydrogens is 642 g/mol. The van der Waals surface area contributed by atoms with Crippen LogP contribution in [0.4, 0.5) is 5.69 Å². The largest absolute Gasteiger partial charge is 0.457 e. The van der Waals surface area contributed by atoms with Crippen molar-refractivity contribution in [1.29, 1.82) is 0 Å². The molecule has 2 amide bonds. The normalized spacial score (nSPS) is 11.8. The minimum absolute atomic E-state index is 0.0497. The second-order valence-corrected chi connectivity index (χ2v) is 13.1. The van der Waals surface area contributed by atoms with Crippen molar-refractivity contribution in [2.75, 3.05) is 17.4 Å². The number of sulfonamides is 1. The van der Waals surface area contributed by atoms with Crippen LogP contribution in [-0.2, 0) is 26.2 Å². The predicted molar refractivity (Wildman–Crippen MR) is 176 cm³/mol. The number of carbonyl (C=O) groups is 2. The zero-order valence-corrected chi connectivity index (χ0v) is 27.3. The van der Waals surface area contributed by atoms with E-state index in [0.717, 1.165) is 26.3 Å². The first kappa shape index (κ1) is 32.8. The number of para-hydroxylation sites is 1. The van der Waals surface area contributed by atoms with Crippen molar-refractivity contribution < 1.29 is 22.7 Å². The lowest BCUT2D eigenvalue weighted by Gasteiger charge is -2.32. The van der Waals surface area contributed by atoms with Crippen molar-refractivity contribution in [2.45, 2.75) is 44.7 Å². The van der Waals surface area contributed by atoms with E-state index in [-0.39, 0.29) is 23.0 Å². The number of aryl methyl sites for hydroxylation is 1. The van der Waals surface area contributed by atoms with Crippen LogP contribution in [0.15, 0.2) is 112 Å². The van der Waals surface area contributed by atoms with Crippen LogP contribution in [0.3, 0.4) is 0 Å². The molecule has 1 atom stereocenters. The fourth-order valence-electron chi connectivity index (χ4n) is 4.44. The van der Waals surface area contributed by atoms with Gasteiger partial charge in [0.25, 0.3) is 10.0 Å². The van der Waals surface area contributed by atoms with Gasteiger partial charge in [-0.15, -0.1) is 0 Å².